The van der Waals surface area contributed by atoms with Gasteiger partial charge in [-0.3, -0.25) is 0 Å². The maximum atomic E-state index is 11.8. The summed E-state index contributed by atoms with van der Waals surface area (Å²) in [6.45, 7) is 1.36. The maximum absolute atomic E-state index is 11.8. The number of ether oxygens (including phenoxy) is 1. The van der Waals surface area contributed by atoms with Crippen molar-refractivity contribution in [2.24, 2.45) is 0 Å². The van der Waals surface area contributed by atoms with Gasteiger partial charge in [0.25, 0.3) is 6.43 Å². The summed E-state index contributed by atoms with van der Waals surface area (Å²) < 4.78 is 28.2. The normalized spacial score (nSPS) is 26.1. The molecule has 1 rings (SSSR count). The van der Waals surface area contributed by atoms with Crippen molar-refractivity contribution in [3.05, 3.63) is 0 Å². The molecule has 62 valence electrons. The van der Waals surface area contributed by atoms with E-state index in [4.69, 9.17) is 4.74 Å². The first-order chi connectivity index (χ1) is 4.30. The Bertz CT molecular complexity index is 87.7. The molecule has 1 heterocycles. The predicted molar refractivity (Wildman–Crippen MR) is 35.9 cm³/mol. The van der Waals surface area contributed by atoms with E-state index in [1.54, 1.807) is 0 Å². The first-order valence-corrected chi connectivity index (χ1v) is 2.91. The summed E-state index contributed by atoms with van der Waals surface area (Å²) in [6, 6.07) is 0. The molecule has 1 aliphatic heterocycles. The quantitative estimate of drug-likeness (QED) is 0.629. The van der Waals surface area contributed by atoms with Crippen molar-refractivity contribution in [2.45, 2.75) is 12.5 Å². The average molecular weight is 174 g/mol. The summed E-state index contributed by atoms with van der Waals surface area (Å²) in [7, 11) is 0. The first kappa shape index (κ1) is 10.1. The number of hydrogen-bond donors (Lipinski definition) is 1. The number of hydrogen-bond acceptors (Lipinski definition) is 2. The van der Waals surface area contributed by atoms with Crippen LogP contribution >= 0.6 is 12.4 Å². The molecule has 0 aliphatic carbocycles. The van der Waals surface area contributed by atoms with E-state index in [1.165, 1.54) is 0 Å². The van der Waals surface area contributed by atoms with Gasteiger partial charge in [-0.2, -0.15) is 0 Å². The van der Waals surface area contributed by atoms with E-state index in [2.05, 4.69) is 5.32 Å². The van der Waals surface area contributed by atoms with Gasteiger partial charge in [0.05, 0.1) is 6.61 Å². The van der Waals surface area contributed by atoms with Crippen LogP contribution in [-0.2, 0) is 4.74 Å². The van der Waals surface area contributed by atoms with Gasteiger partial charge >= 0.3 is 0 Å². The van der Waals surface area contributed by atoms with E-state index >= 15 is 0 Å². The maximum Gasteiger partial charge on any atom is 0.265 e. The lowest BCUT2D eigenvalue weighted by atomic mass is 10.3. The van der Waals surface area contributed by atoms with Crippen LogP contribution in [0.15, 0.2) is 0 Å². The van der Waals surface area contributed by atoms with Crippen molar-refractivity contribution in [3.63, 3.8) is 0 Å². The van der Waals surface area contributed by atoms with Gasteiger partial charge < -0.3 is 10.1 Å². The standard InChI is InChI=1S/C5H9F2NO.ClH/c6-5(7)4-3-8-1-2-9-4;/h4-5,8H,1-3H2;1H/t4-;/m1./s1. The molecule has 0 aromatic heterocycles. The molecule has 1 atom stereocenters. The molecule has 1 aliphatic rings. The third kappa shape index (κ3) is 2.77. The molecule has 0 bridgehead atoms. The zero-order valence-electron chi connectivity index (χ0n) is 5.35. The van der Waals surface area contributed by atoms with Crippen LogP contribution in [0.5, 0.6) is 0 Å². The molecule has 1 N–H and O–H groups in total. The second-order valence-electron chi connectivity index (χ2n) is 1.95. The van der Waals surface area contributed by atoms with Gasteiger partial charge in [0.2, 0.25) is 0 Å². The van der Waals surface area contributed by atoms with Crippen LogP contribution in [0.2, 0.25) is 0 Å². The zero-order valence-corrected chi connectivity index (χ0v) is 6.16. The van der Waals surface area contributed by atoms with E-state index in [0.717, 1.165) is 0 Å². The van der Waals surface area contributed by atoms with E-state index in [9.17, 15) is 8.78 Å². The second kappa shape index (κ2) is 4.82. The molecule has 1 saturated heterocycles. The number of nitrogens with one attached hydrogen (secondary N) is 1. The molecule has 0 radical (unpaired) electrons. The highest BCUT2D eigenvalue weighted by Crippen LogP contribution is 2.06. The van der Waals surface area contributed by atoms with Crippen molar-refractivity contribution >= 4 is 12.4 Å². The number of halogens is 3. The highest BCUT2D eigenvalue weighted by Gasteiger charge is 2.22. The van der Waals surface area contributed by atoms with Crippen LogP contribution in [0.3, 0.4) is 0 Å². The van der Waals surface area contributed by atoms with Gasteiger partial charge in [0, 0.05) is 13.1 Å². The Labute approximate surface area is 64.3 Å². The smallest absolute Gasteiger partial charge is 0.265 e. The van der Waals surface area contributed by atoms with Crippen LogP contribution in [0.25, 0.3) is 0 Å². The molecular formula is C5H10ClF2NO. The van der Waals surface area contributed by atoms with Gasteiger partial charge in [-0.25, -0.2) is 8.78 Å². The summed E-state index contributed by atoms with van der Waals surface area (Å²) in [6.07, 6.45) is -3.24. The molecule has 10 heavy (non-hydrogen) atoms. The van der Waals surface area contributed by atoms with E-state index < -0.39 is 12.5 Å². The van der Waals surface area contributed by atoms with Crippen LogP contribution in [0.4, 0.5) is 8.78 Å². The Morgan fingerprint density at radius 2 is 2.20 bits per heavy atom. The lowest BCUT2D eigenvalue weighted by Crippen LogP contribution is -2.42. The van der Waals surface area contributed by atoms with Crippen LogP contribution in [0.1, 0.15) is 0 Å². The SMILES string of the molecule is Cl.FC(F)[C@H]1CNCCO1. The molecular weight excluding hydrogens is 164 g/mol. The van der Waals surface area contributed by atoms with Gasteiger partial charge in [-0.15, -0.1) is 12.4 Å². The van der Waals surface area contributed by atoms with Gasteiger partial charge in [-0.05, 0) is 0 Å². The summed E-state index contributed by atoms with van der Waals surface area (Å²) in [5.74, 6) is 0. The van der Waals surface area contributed by atoms with Crippen molar-refractivity contribution < 1.29 is 13.5 Å². The van der Waals surface area contributed by atoms with Crippen molar-refractivity contribution in [3.8, 4) is 0 Å². The molecule has 0 spiro atoms. The molecule has 5 heteroatoms. The lowest BCUT2D eigenvalue weighted by Gasteiger charge is -2.22. The Morgan fingerprint density at radius 1 is 1.50 bits per heavy atom. The fourth-order valence-electron chi connectivity index (χ4n) is 0.748. The minimum absolute atomic E-state index is 0. The first-order valence-electron chi connectivity index (χ1n) is 2.91. The number of rotatable bonds is 1. The highest BCUT2D eigenvalue weighted by molar-refractivity contribution is 5.85. The average Bonchev–Trinajstić information content (AvgIpc) is 1.90. The Hall–Kier alpha value is 0.0700. The van der Waals surface area contributed by atoms with Crippen molar-refractivity contribution in [1.82, 2.24) is 5.32 Å². The van der Waals surface area contributed by atoms with Crippen LogP contribution in [-0.4, -0.2) is 32.2 Å². The van der Waals surface area contributed by atoms with Crippen LogP contribution in [0, 0.1) is 0 Å². The van der Waals surface area contributed by atoms with E-state index in [-0.39, 0.29) is 19.0 Å². The third-order valence-corrected chi connectivity index (χ3v) is 1.24. The molecule has 2 nitrogen and oxygen atoms in total. The van der Waals surface area contributed by atoms with Gasteiger partial charge in [-0.1, -0.05) is 0 Å². The molecule has 0 unspecified atom stereocenters. The fraction of sp³-hybridized carbons (Fsp3) is 1.00. The van der Waals surface area contributed by atoms with Crippen LogP contribution < -0.4 is 5.32 Å². The summed E-state index contributed by atoms with van der Waals surface area (Å²) >= 11 is 0. The molecule has 0 saturated carbocycles. The minimum atomic E-state index is -2.35. The van der Waals surface area contributed by atoms with E-state index in [1.807, 2.05) is 0 Å². The van der Waals surface area contributed by atoms with Crippen molar-refractivity contribution in [1.29, 1.82) is 0 Å². The number of alkyl halides is 2. The Kier molecular flexibility index (Phi) is 4.85. The fourth-order valence-corrected chi connectivity index (χ4v) is 0.748. The summed E-state index contributed by atoms with van der Waals surface area (Å²) in [4.78, 5) is 0. The number of morpholine rings is 1. The van der Waals surface area contributed by atoms with Gasteiger partial charge in [0.1, 0.15) is 6.10 Å². The van der Waals surface area contributed by atoms with E-state index in [0.29, 0.717) is 13.2 Å². The topological polar surface area (TPSA) is 21.3 Å². The Balaban J connectivity index is 0.000000810. The molecule has 0 aromatic carbocycles. The predicted octanol–water partition coefficient (Wildman–Crippen LogP) is 0.662. The van der Waals surface area contributed by atoms with Gasteiger partial charge in [0.15, 0.2) is 0 Å². The second-order valence-corrected chi connectivity index (χ2v) is 1.95. The molecule has 1 fully saturated rings. The summed E-state index contributed by atoms with van der Waals surface area (Å²) in [5, 5.41) is 2.81. The molecule has 0 aromatic rings. The Morgan fingerprint density at radius 3 is 2.50 bits per heavy atom. The minimum Gasteiger partial charge on any atom is -0.370 e. The monoisotopic (exact) mass is 173 g/mol. The third-order valence-electron chi connectivity index (χ3n) is 1.24. The van der Waals surface area contributed by atoms with Crippen molar-refractivity contribution in [2.75, 3.05) is 19.7 Å². The molecule has 0 amide bonds. The summed E-state index contributed by atoms with van der Waals surface area (Å²) in [5.41, 5.74) is 0. The largest absolute Gasteiger partial charge is 0.370 e. The highest BCUT2D eigenvalue weighted by atomic mass is 35.5. The zero-order chi connectivity index (χ0) is 6.69. The lowest BCUT2D eigenvalue weighted by molar-refractivity contribution is -0.0686.